The number of nitrogens with one attached hydrogen (secondary N) is 1. The quantitative estimate of drug-likeness (QED) is 0.773. The molecule has 3 rings (SSSR count). The van der Waals surface area contributed by atoms with E-state index in [0.717, 1.165) is 44.5 Å². The van der Waals surface area contributed by atoms with Crippen molar-refractivity contribution in [1.29, 1.82) is 0 Å². The van der Waals surface area contributed by atoms with Gasteiger partial charge < -0.3 is 15.0 Å². The summed E-state index contributed by atoms with van der Waals surface area (Å²) in [6.45, 7) is 3.54. The van der Waals surface area contributed by atoms with Crippen molar-refractivity contribution >= 4 is 29.2 Å². The van der Waals surface area contributed by atoms with Crippen LogP contribution in [-0.4, -0.2) is 55.0 Å². The number of ether oxygens (including phenoxy) is 1. The van der Waals surface area contributed by atoms with E-state index in [4.69, 9.17) is 4.74 Å². The number of piperidine rings is 1. The molecule has 0 aromatic heterocycles. The van der Waals surface area contributed by atoms with Crippen LogP contribution in [0.2, 0.25) is 0 Å². The van der Waals surface area contributed by atoms with Gasteiger partial charge in [0.2, 0.25) is 11.8 Å². The largest absolute Gasteiger partial charge is 0.464 e. The summed E-state index contributed by atoms with van der Waals surface area (Å²) in [6, 6.07) is 7.49. The second kappa shape index (κ2) is 8.99. The van der Waals surface area contributed by atoms with Gasteiger partial charge in [0.25, 0.3) is 0 Å². The Morgan fingerprint density at radius 2 is 2.07 bits per heavy atom. The number of amides is 2. The molecule has 0 saturated carbocycles. The lowest BCUT2D eigenvalue weighted by Crippen LogP contribution is -2.46. The fourth-order valence-corrected chi connectivity index (χ4v) is 3.73. The molecule has 1 aromatic rings. The molecule has 2 heterocycles. The second-order valence-electron chi connectivity index (χ2n) is 7.17. The van der Waals surface area contributed by atoms with Gasteiger partial charge >= 0.3 is 5.97 Å². The molecule has 1 atom stereocenters. The van der Waals surface area contributed by atoms with Crippen molar-refractivity contribution in [3.8, 4) is 0 Å². The minimum atomic E-state index is -0.293. The van der Waals surface area contributed by atoms with Gasteiger partial charge in [-0.1, -0.05) is 12.5 Å². The highest BCUT2D eigenvalue weighted by molar-refractivity contribution is 5.97. The monoisotopic (exact) mass is 373 g/mol. The average molecular weight is 373 g/mol. The van der Waals surface area contributed by atoms with Gasteiger partial charge in [-0.3, -0.25) is 19.3 Å². The SMILES string of the molecule is CC(=O)OC[C@H]1CCCCN1CC(=O)Nc1cccc(N2CCCC2=O)c1. The number of likely N-dealkylation sites (tertiary alicyclic amines) is 1. The summed E-state index contributed by atoms with van der Waals surface area (Å²) in [5.41, 5.74) is 1.51. The zero-order valence-corrected chi connectivity index (χ0v) is 15.8. The number of nitrogens with zero attached hydrogens (tertiary/aromatic N) is 2. The molecule has 2 saturated heterocycles. The van der Waals surface area contributed by atoms with Crippen molar-refractivity contribution in [3.63, 3.8) is 0 Å². The lowest BCUT2D eigenvalue weighted by Gasteiger charge is -2.34. The molecule has 1 N–H and O–H groups in total. The van der Waals surface area contributed by atoms with Gasteiger partial charge in [-0.2, -0.15) is 0 Å². The highest BCUT2D eigenvalue weighted by Gasteiger charge is 2.25. The number of benzene rings is 1. The van der Waals surface area contributed by atoms with E-state index in [0.29, 0.717) is 18.7 Å². The van der Waals surface area contributed by atoms with Crippen molar-refractivity contribution in [2.24, 2.45) is 0 Å². The van der Waals surface area contributed by atoms with Crippen LogP contribution in [0.3, 0.4) is 0 Å². The molecule has 2 aliphatic heterocycles. The third-order valence-electron chi connectivity index (χ3n) is 5.09. The van der Waals surface area contributed by atoms with Crippen LogP contribution in [0.25, 0.3) is 0 Å². The second-order valence-corrected chi connectivity index (χ2v) is 7.17. The summed E-state index contributed by atoms with van der Waals surface area (Å²) in [4.78, 5) is 39.3. The molecule has 1 aromatic carbocycles. The van der Waals surface area contributed by atoms with E-state index < -0.39 is 0 Å². The minimum absolute atomic E-state index is 0.0851. The van der Waals surface area contributed by atoms with Gasteiger partial charge in [0.05, 0.1) is 6.54 Å². The molecular formula is C20H27N3O4. The smallest absolute Gasteiger partial charge is 0.302 e. The number of anilines is 2. The van der Waals surface area contributed by atoms with Gasteiger partial charge in [0.1, 0.15) is 6.61 Å². The zero-order chi connectivity index (χ0) is 19.2. The molecule has 0 radical (unpaired) electrons. The van der Waals surface area contributed by atoms with Crippen LogP contribution in [0.4, 0.5) is 11.4 Å². The van der Waals surface area contributed by atoms with Crippen LogP contribution >= 0.6 is 0 Å². The molecule has 7 heteroatoms. The standard InChI is InChI=1S/C20H27N3O4/c1-15(24)27-14-18-7-2-3-10-22(18)13-19(25)21-16-6-4-8-17(12-16)23-11-5-9-20(23)26/h4,6,8,12,18H,2-3,5,7,9-11,13-14H2,1H3,(H,21,25)/t18-/m1/s1. The molecule has 0 aliphatic carbocycles. The Morgan fingerprint density at radius 1 is 1.22 bits per heavy atom. The van der Waals surface area contributed by atoms with Crippen molar-refractivity contribution in [2.45, 2.75) is 45.1 Å². The Morgan fingerprint density at radius 3 is 2.81 bits per heavy atom. The van der Waals surface area contributed by atoms with Gasteiger partial charge in [-0.25, -0.2) is 0 Å². The van der Waals surface area contributed by atoms with Crippen LogP contribution < -0.4 is 10.2 Å². The summed E-state index contributed by atoms with van der Waals surface area (Å²) in [7, 11) is 0. The summed E-state index contributed by atoms with van der Waals surface area (Å²) < 4.78 is 5.14. The third-order valence-corrected chi connectivity index (χ3v) is 5.09. The zero-order valence-electron chi connectivity index (χ0n) is 15.8. The molecule has 7 nitrogen and oxygen atoms in total. The number of carbonyl (C=O) groups is 3. The van der Waals surface area contributed by atoms with E-state index in [-0.39, 0.29) is 30.4 Å². The average Bonchev–Trinajstić information content (AvgIpc) is 3.07. The van der Waals surface area contributed by atoms with Gasteiger partial charge in [-0.15, -0.1) is 0 Å². The fraction of sp³-hybridized carbons (Fsp3) is 0.550. The van der Waals surface area contributed by atoms with Crippen LogP contribution in [-0.2, 0) is 19.1 Å². The number of hydrogen-bond acceptors (Lipinski definition) is 5. The molecule has 146 valence electrons. The number of hydrogen-bond donors (Lipinski definition) is 1. The van der Waals surface area contributed by atoms with E-state index in [1.807, 2.05) is 24.3 Å². The summed E-state index contributed by atoms with van der Waals surface area (Å²) in [5, 5.41) is 2.93. The maximum atomic E-state index is 12.5. The molecule has 0 bridgehead atoms. The highest BCUT2D eigenvalue weighted by atomic mass is 16.5. The van der Waals surface area contributed by atoms with E-state index in [9.17, 15) is 14.4 Å². The van der Waals surface area contributed by atoms with Crippen LogP contribution in [0.5, 0.6) is 0 Å². The van der Waals surface area contributed by atoms with Crippen molar-refractivity contribution < 1.29 is 19.1 Å². The summed E-state index contributed by atoms with van der Waals surface area (Å²) in [5.74, 6) is -0.270. The van der Waals surface area contributed by atoms with Crippen LogP contribution in [0, 0.1) is 0 Å². The van der Waals surface area contributed by atoms with Crippen molar-refractivity contribution in [1.82, 2.24) is 4.90 Å². The first-order valence-corrected chi connectivity index (χ1v) is 9.60. The van der Waals surface area contributed by atoms with Gasteiger partial charge in [0.15, 0.2) is 0 Å². The molecule has 0 spiro atoms. The van der Waals surface area contributed by atoms with Crippen molar-refractivity contribution in [3.05, 3.63) is 24.3 Å². The number of esters is 1. The summed E-state index contributed by atoms with van der Waals surface area (Å²) >= 11 is 0. The lowest BCUT2D eigenvalue weighted by atomic mass is 10.0. The molecule has 2 fully saturated rings. The fourth-order valence-electron chi connectivity index (χ4n) is 3.73. The molecule has 2 aliphatic rings. The van der Waals surface area contributed by atoms with Crippen LogP contribution in [0.15, 0.2) is 24.3 Å². The predicted molar refractivity (Wildman–Crippen MR) is 103 cm³/mol. The summed E-state index contributed by atoms with van der Waals surface area (Å²) in [6.07, 6.45) is 4.49. The van der Waals surface area contributed by atoms with E-state index in [1.54, 1.807) is 4.90 Å². The maximum absolute atomic E-state index is 12.5. The van der Waals surface area contributed by atoms with Crippen molar-refractivity contribution in [2.75, 3.05) is 36.5 Å². The maximum Gasteiger partial charge on any atom is 0.302 e. The van der Waals surface area contributed by atoms with E-state index in [2.05, 4.69) is 10.2 Å². The first-order chi connectivity index (χ1) is 13.0. The lowest BCUT2D eigenvalue weighted by molar-refractivity contribution is -0.143. The van der Waals surface area contributed by atoms with E-state index in [1.165, 1.54) is 6.92 Å². The van der Waals surface area contributed by atoms with E-state index >= 15 is 0 Å². The molecule has 27 heavy (non-hydrogen) atoms. The third kappa shape index (κ3) is 5.29. The predicted octanol–water partition coefficient (Wildman–Crippen LogP) is 2.17. The minimum Gasteiger partial charge on any atom is -0.464 e. The Labute approximate surface area is 159 Å². The first kappa shape index (κ1) is 19.4. The number of carbonyl (C=O) groups excluding carboxylic acids is 3. The van der Waals surface area contributed by atoms with Gasteiger partial charge in [-0.05, 0) is 44.0 Å². The Hall–Kier alpha value is -2.41. The molecule has 2 amide bonds. The van der Waals surface area contributed by atoms with Gasteiger partial charge in [0, 0.05) is 37.3 Å². The molecule has 0 unspecified atom stereocenters. The van der Waals surface area contributed by atoms with Crippen LogP contribution in [0.1, 0.15) is 39.0 Å². The number of rotatable bonds is 6. The Kier molecular flexibility index (Phi) is 6.45. The normalized spacial score (nSPS) is 20.6. The topological polar surface area (TPSA) is 79.0 Å². The first-order valence-electron chi connectivity index (χ1n) is 9.60. The molecular weight excluding hydrogens is 346 g/mol. The Bertz CT molecular complexity index is 706. The highest BCUT2D eigenvalue weighted by Crippen LogP contribution is 2.24. The Balaban J connectivity index is 1.58.